The molecule has 0 bridgehead atoms. The molecule has 232 valence electrons. The van der Waals surface area contributed by atoms with E-state index in [1.54, 1.807) is 0 Å². The molecule has 1 aliphatic rings. The summed E-state index contributed by atoms with van der Waals surface area (Å²) in [6.07, 6.45) is 2.24. The van der Waals surface area contributed by atoms with Gasteiger partial charge in [0.05, 0.1) is 17.1 Å². The minimum atomic E-state index is -0.107. The fourth-order valence-corrected chi connectivity index (χ4v) is 6.97. The highest BCUT2D eigenvalue weighted by Crippen LogP contribution is 2.34. The molecule has 0 amide bonds. The van der Waals surface area contributed by atoms with Crippen molar-refractivity contribution in [3.05, 3.63) is 205 Å². The molecule has 9 rings (SSSR count). The van der Waals surface area contributed by atoms with Crippen LogP contribution in [0.3, 0.4) is 0 Å². The monoisotopic (exact) mass is 627 g/mol. The van der Waals surface area contributed by atoms with Gasteiger partial charge in [0, 0.05) is 27.7 Å². The number of aromatic nitrogens is 1. The Morgan fingerprint density at radius 3 is 1.45 bits per heavy atom. The molecule has 3 heteroatoms. The van der Waals surface area contributed by atoms with Gasteiger partial charge in [-0.25, -0.2) is 0 Å². The first-order chi connectivity index (χ1) is 24.3. The van der Waals surface area contributed by atoms with Crippen LogP contribution in [0.5, 0.6) is 0 Å². The highest BCUT2D eigenvalue weighted by molar-refractivity contribution is 6.09. The molecular formula is C46H33N3. The zero-order valence-corrected chi connectivity index (χ0v) is 26.9. The summed E-state index contributed by atoms with van der Waals surface area (Å²) in [6.45, 7) is 0. The van der Waals surface area contributed by atoms with Crippen molar-refractivity contribution >= 4 is 33.3 Å². The van der Waals surface area contributed by atoms with Crippen LogP contribution in [0.4, 0.5) is 0 Å². The number of aliphatic imine (C=N–C) groups is 1. The predicted octanol–water partition coefficient (Wildman–Crippen LogP) is 11.2. The van der Waals surface area contributed by atoms with Crippen molar-refractivity contribution in [2.45, 2.75) is 6.04 Å². The lowest BCUT2D eigenvalue weighted by Crippen LogP contribution is -2.27. The first-order valence-corrected chi connectivity index (χ1v) is 16.8. The number of rotatable bonds is 6. The minimum Gasteiger partial charge on any atom is -0.340 e. The summed E-state index contributed by atoms with van der Waals surface area (Å²) in [4.78, 5) is 5.16. The first kappa shape index (κ1) is 28.7. The summed E-state index contributed by atoms with van der Waals surface area (Å²) in [6, 6.07) is 64.6. The van der Waals surface area contributed by atoms with Gasteiger partial charge in [0.25, 0.3) is 0 Å². The second-order valence-electron chi connectivity index (χ2n) is 12.5. The molecule has 0 saturated heterocycles. The van der Waals surface area contributed by atoms with Crippen LogP contribution in [0.25, 0.3) is 55.4 Å². The Hall–Kier alpha value is -6.45. The van der Waals surface area contributed by atoms with Gasteiger partial charge >= 0.3 is 0 Å². The summed E-state index contributed by atoms with van der Waals surface area (Å²) < 4.78 is 2.36. The van der Waals surface area contributed by atoms with Crippen LogP contribution in [-0.4, -0.2) is 10.4 Å². The van der Waals surface area contributed by atoms with E-state index in [-0.39, 0.29) is 6.04 Å². The number of amidine groups is 1. The Labute approximate surface area is 286 Å². The summed E-state index contributed by atoms with van der Waals surface area (Å²) >= 11 is 0. The van der Waals surface area contributed by atoms with E-state index in [2.05, 4.69) is 192 Å². The molecule has 8 aromatic rings. The molecule has 0 fully saturated rings. The largest absolute Gasteiger partial charge is 0.340 e. The van der Waals surface area contributed by atoms with Gasteiger partial charge in [0.2, 0.25) is 0 Å². The standard InChI is InChI=1S/C46H33N3/c1-3-11-32(12-4-1)33-19-23-36(24-20-33)42-31-43(48-46(47-42)38-13-5-2-6-14-38)37-25-21-34(22-26-37)35-27-29-39(30-28-35)49-44-17-9-7-15-40(44)41-16-8-10-18-45(41)49/h1-31,42H,(H,47,48). The van der Waals surface area contributed by atoms with Crippen LogP contribution in [0.15, 0.2) is 193 Å². The minimum absolute atomic E-state index is 0.107. The van der Waals surface area contributed by atoms with Crippen LogP contribution in [0, 0.1) is 0 Å². The topological polar surface area (TPSA) is 29.3 Å². The molecule has 1 atom stereocenters. The van der Waals surface area contributed by atoms with Crippen molar-refractivity contribution in [1.82, 2.24) is 9.88 Å². The van der Waals surface area contributed by atoms with Crippen LogP contribution in [0.1, 0.15) is 22.7 Å². The fourth-order valence-electron chi connectivity index (χ4n) is 6.97. The van der Waals surface area contributed by atoms with Crippen LogP contribution in [0.2, 0.25) is 0 Å². The van der Waals surface area contributed by atoms with E-state index in [0.29, 0.717) is 0 Å². The Balaban J connectivity index is 1.02. The molecule has 0 aliphatic carbocycles. The van der Waals surface area contributed by atoms with E-state index in [4.69, 9.17) is 4.99 Å². The Bertz CT molecular complexity index is 2420. The number of nitrogens with zero attached hydrogens (tertiary/aromatic N) is 2. The van der Waals surface area contributed by atoms with E-state index in [9.17, 15) is 0 Å². The lowest BCUT2D eigenvalue weighted by molar-refractivity contribution is 0.880. The van der Waals surface area contributed by atoms with Crippen LogP contribution in [-0.2, 0) is 0 Å². The second kappa shape index (κ2) is 12.3. The average molecular weight is 628 g/mol. The number of benzene rings is 7. The maximum atomic E-state index is 5.16. The number of nitrogens with one attached hydrogen (secondary N) is 1. The van der Waals surface area contributed by atoms with Crippen molar-refractivity contribution in [3.63, 3.8) is 0 Å². The number of hydrogen-bond acceptors (Lipinski definition) is 2. The SMILES string of the molecule is C1=C(c2ccc(-c3ccc(-n4c5ccccc5c5ccccc54)cc3)cc2)NC(c2ccccc2)=NC1c1ccc(-c2ccccc2)cc1. The maximum Gasteiger partial charge on any atom is 0.133 e. The Morgan fingerprint density at radius 2 is 0.857 bits per heavy atom. The molecule has 2 heterocycles. The molecule has 1 aliphatic heterocycles. The zero-order valence-electron chi connectivity index (χ0n) is 26.9. The Morgan fingerprint density at radius 1 is 0.408 bits per heavy atom. The van der Waals surface area contributed by atoms with Crippen molar-refractivity contribution in [3.8, 4) is 27.9 Å². The summed E-state index contributed by atoms with van der Waals surface area (Å²) in [5.74, 6) is 0.875. The molecule has 1 aromatic heterocycles. The van der Waals surface area contributed by atoms with Gasteiger partial charge in [0.15, 0.2) is 0 Å². The molecule has 0 spiro atoms. The van der Waals surface area contributed by atoms with Gasteiger partial charge in [-0.05, 0) is 63.7 Å². The third-order valence-corrected chi connectivity index (χ3v) is 9.49. The average Bonchev–Trinajstić information content (AvgIpc) is 3.53. The second-order valence-corrected chi connectivity index (χ2v) is 12.5. The molecule has 1 N–H and O–H groups in total. The lowest BCUT2D eigenvalue weighted by Gasteiger charge is -2.23. The zero-order chi connectivity index (χ0) is 32.6. The highest BCUT2D eigenvalue weighted by atomic mass is 15.0. The van der Waals surface area contributed by atoms with E-state index in [1.165, 1.54) is 44.1 Å². The van der Waals surface area contributed by atoms with E-state index < -0.39 is 0 Å². The van der Waals surface area contributed by atoms with Crippen molar-refractivity contribution in [2.75, 3.05) is 0 Å². The lowest BCUT2D eigenvalue weighted by atomic mass is 9.97. The van der Waals surface area contributed by atoms with Gasteiger partial charge in [-0.2, -0.15) is 0 Å². The van der Waals surface area contributed by atoms with Gasteiger partial charge in [0.1, 0.15) is 5.84 Å². The predicted molar refractivity (Wildman–Crippen MR) is 205 cm³/mol. The summed E-state index contributed by atoms with van der Waals surface area (Å²) in [5.41, 5.74) is 12.8. The third kappa shape index (κ3) is 5.42. The number of para-hydroxylation sites is 2. The summed E-state index contributed by atoms with van der Waals surface area (Å²) in [5, 5.41) is 6.19. The van der Waals surface area contributed by atoms with Gasteiger partial charge in [-0.1, -0.05) is 158 Å². The molecular weight excluding hydrogens is 595 g/mol. The molecule has 1 unspecified atom stereocenters. The first-order valence-electron chi connectivity index (χ1n) is 16.8. The number of fused-ring (bicyclic) bond motifs is 3. The van der Waals surface area contributed by atoms with Crippen molar-refractivity contribution in [1.29, 1.82) is 0 Å². The van der Waals surface area contributed by atoms with Gasteiger partial charge in [-0.3, -0.25) is 4.99 Å². The smallest absolute Gasteiger partial charge is 0.133 e. The van der Waals surface area contributed by atoms with E-state index in [1.807, 2.05) is 6.07 Å². The van der Waals surface area contributed by atoms with Gasteiger partial charge < -0.3 is 9.88 Å². The van der Waals surface area contributed by atoms with Crippen molar-refractivity contribution < 1.29 is 0 Å². The molecule has 0 saturated carbocycles. The van der Waals surface area contributed by atoms with Crippen LogP contribution < -0.4 is 5.32 Å². The molecule has 49 heavy (non-hydrogen) atoms. The van der Waals surface area contributed by atoms with E-state index >= 15 is 0 Å². The third-order valence-electron chi connectivity index (χ3n) is 9.49. The van der Waals surface area contributed by atoms with Crippen LogP contribution >= 0.6 is 0 Å². The summed E-state index contributed by atoms with van der Waals surface area (Å²) in [7, 11) is 0. The molecule has 0 radical (unpaired) electrons. The van der Waals surface area contributed by atoms with Crippen molar-refractivity contribution in [2.24, 2.45) is 4.99 Å². The maximum absolute atomic E-state index is 5.16. The molecule has 7 aromatic carbocycles. The van der Waals surface area contributed by atoms with Gasteiger partial charge in [-0.15, -0.1) is 0 Å². The Kier molecular flexibility index (Phi) is 7.21. The quantitative estimate of drug-likeness (QED) is 0.195. The highest BCUT2D eigenvalue weighted by Gasteiger charge is 2.20. The fraction of sp³-hybridized carbons (Fsp3) is 0.0217. The number of hydrogen-bond donors (Lipinski definition) is 1. The normalized spacial score (nSPS) is 14.3. The van der Waals surface area contributed by atoms with E-state index in [0.717, 1.165) is 33.9 Å². The molecule has 3 nitrogen and oxygen atoms in total.